The molecular formula is C14H17N3O3S2. The molecule has 0 N–H and O–H groups in total. The van der Waals surface area contributed by atoms with Gasteiger partial charge in [0.2, 0.25) is 5.91 Å². The highest BCUT2D eigenvalue weighted by atomic mass is 32.2. The summed E-state index contributed by atoms with van der Waals surface area (Å²) >= 11 is 2.82. The van der Waals surface area contributed by atoms with Gasteiger partial charge in [-0.05, 0) is 25.3 Å². The summed E-state index contributed by atoms with van der Waals surface area (Å²) in [4.78, 5) is 15.0. The largest absolute Gasteiger partial charge is 0.410 e. The van der Waals surface area contributed by atoms with Crippen molar-refractivity contribution in [2.24, 2.45) is 0 Å². The number of hydrogen-bond donors (Lipinski definition) is 0. The molecule has 22 heavy (non-hydrogen) atoms. The summed E-state index contributed by atoms with van der Waals surface area (Å²) < 4.78 is 11.2. The van der Waals surface area contributed by atoms with Crippen molar-refractivity contribution in [2.45, 2.75) is 31.3 Å². The van der Waals surface area contributed by atoms with Gasteiger partial charge < -0.3 is 14.1 Å². The second-order valence-electron chi connectivity index (χ2n) is 5.20. The molecule has 1 saturated heterocycles. The molecular weight excluding hydrogens is 322 g/mol. The molecule has 1 aliphatic heterocycles. The molecule has 1 aliphatic rings. The maximum atomic E-state index is 12.3. The predicted molar refractivity (Wildman–Crippen MR) is 84.9 cm³/mol. The van der Waals surface area contributed by atoms with Crippen molar-refractivity contribution in [2.75, 3.05) is 18.8 Å². The van der Waals surface area contributed by atoms with Crippen LogP contribution in [0.15, 0.2) is 27.2 Å². The molecule has 3 heterocycles. The monoisotopic (exact) mass is 339 g/mol. The van der Waals surface area contributed by atoms with E-state index in [1.54, 1.807) is 11.3 Å². The summed E-state index contributed by atoms with van der Waals surface area (Å²) in [5.74, 6) is 0.868. The van der Waals surface area contributed by atoms with Crippen LogP contribution < -0.4 is 0 Å². The first-order valence-corrected chi connectivity index (χ1v) is 8.92. The minimum absolute atomic E-state index is 0.0721. The van der Waals surface area contributed by atoms with E-state index in [1.807, 2.05) is 36.3 Å². The zero-order valence-corrected chi connectivity index (χ0v) is 14.0. The fraction of sp³-hybridized carbons (Fsp3) is 0.500. The minimum Gasteiger partial charge on any atom is -0.410 e. The van der Waals surface area contributed by atoms with E-state index in [0.717, 1.165) is 4.88 Å². The number of thiophene rings is 1. The summed E-state index contributed by atoms with van der Waals surface area (Å²) in [5.41, 5.74) is 0. The number of hydrogen-bond acceptors (Lipinski definition) is 7. The molecule has 0 bridgehead atoms. The van der Waals surface area contributed by atoms with E-state index < -0.39 is 0 Å². The minimum atomic E-state index is 0.0721. The number of aromatic nitrogens is 2. The zero-order valence-electron chi connectivity index (χ0n) is 12.4. The van der Waals surface area contributed by atoms with Gasteiger partial charge in [-0.15, -0.1) is 21.5 Å². The van der Waals surface area contributed by atoms with Crippen LogP contribution in [0.2, 0.25) is 0 Å². The zero-order chi connectivity index (χ0) is 15.5. The number of rotatable bonds is 4. The van der Waals surface area contributed by atoms with Crippen molar-refractivity contribution in [1.29, 1.82) is 0 Å². The van der Waals surface area contributed by atoms with Gasteiger partial charge in [0.05, 0.1) is 22.8 Å². The third kappa shape index (κ3) is 3.68. The average molecular weight is 339 g/mol. The lowest BCUT2D eigenvalue weighted by molar-refractivity contribution is -0.140. The lowest BCUT2D eigenvalue weighted by Gasteiger charge is -2.35. The molecule has 1 amide bonds. The third-order valence-corrected chi connectivity index (χ3v) is 4.89. The van der Waals surface area contributed by atoms with E-state index in [0.29, 0.717) is 30.0 Å². The second kappa shape index (κ2) is 6.80. The van der Waals surface area contributed by atoms with Gasteiger partial charge in [-0.1, -0.05) is 17.8 Å². The molecule has 0 aliphatic carbocycles. The van der Waals surface area contributed by atoms with Crippen molar-refractivity contribution in [3.8, 4) is 10.8 Å². The molecule has 0 radical (unpaired) electrons. The lowest BCUT2D eigenvalue weighted by atomic mass is 10.2. The number of carbonyl (C=O) groups is 1. The summed E-state index contributed by atoms with van der Waals surface area (Å²) in [5, 5.41) is 10.4. The van der Waals surface area contributed by atoms with E-state index in [-0.39, 0.29) is 18.1 Å². The number of carbonyl (C=O) groups excluding carboxylic acids is 1. The fourth-order valence-corrected chi connectivity index (χ4v) is 3.67. The Hall–Kier alpha value is -1.38. The van der Waals surface area contributed by atoms with E-state index in [2.05, 4.69) is 10.2 Å². The number of ether oxygens (including phenoxy) is 1. The Morgan fingerprint density at radius 1 is 1.41 bits per heavy atom. The van der Waals surface area contributed by atoms with Crippen LogP contribution >= 0.6 is 23.1 Å². The molecule has 1 fully saturated rings. The SMILES string of the molecule is C[C@@H]1CN(C(=O)CSc2nnc(-c3cccs3)o2)C[C@H](C)O1. The number of morpholine rings is 1. The standard InChI is InChI=1S/C14H17N3O3S2/c1-9-6-17(7-10(2)19-9)12(18)8-22-14-16-15-13(20-14)11-4-3-5-21-11/h3-5,9-10H,6-8H2,1-2H3/t9-,10+. The lowest BCUT2D eigenvalue weighted by Crippen LogP contribution is -2.48. The summed E-state index contributed by atoms with van der Waals surface area (Å²) in [6.45, 7) is 5.23. The Labute approximate surface area is 136 Å². The Morgan fingerprint density at radius 2 is 2.18 bits per heavy atom. The van der Waals surface area contributed by atoms with Crippen LogP contribution in [0.4, 0.5) is 0 Å². The van der Waals surface area contributed by atoms with Gasteiger partial charge in [0.1, 0.15) is 0 Å². The maximum Gasteiger partial charge on any atom is 0.277 e. The molecule has 8 heteroatoms. The smallest absolute Gasteiger partial charge is 0.277 e. The Morgan fingerprint density at radius 3 is 2.86 bits per heavy atom. The molecule has 2 aromatic rings. The first-order chi connectivity index (χ1) is 10.6. The summed E-state index contributed by atoms with van der Waals surface area (Å²) in [7, 11) is 0. The molecule has 3 rings (SSSR count). The van der Waals surface area contributed by atoms with Gasteiger partial charge in [-0.2, -0.15) is 0 Å². The van der Waals surface area contributed by atoms with Crippen LogP contribution in [0.5, 0.6) is 0 Å². The van der Waals surface area contributed by atoms with Crippen LogP contribution in [0.3, 0.4) is 0 Å². The highest BCUT2D eigenvalue weighted by Gasteiger charge is 2.26. The fourth-order valence-electron chi connectivity index (χ4n) is 2.36. The van der Waals surface area contributed by atoms with Crippen LogP contribution in [-0.4, -0.2) is 52.1 Å². The Balaban J connectivity index is 1.55. The number of amides is 1. The van der Waals surface area contributed by atoms with Crippen LogP contribution in [0.25, 0.3) is 10.8 Å². The van der Waals surface area contributed by atoms with Gasteiger partial charge in [-0.3, -0.25) is 4.79 Å². The third-order valence-electron chi connectivity index (χ3n) is 3.23. The predicted octanol–water partition coefficient (Wildman–Crippen LogP) is 2.53. The molecule has 118 valence electrons. The van der Waals surface area contributed by atoms with E-state index in [4.69, 9.17) is 9.15 Å². The van der Waals surface area contributed by atoms with Crippen molar-refractivity contribution in [3.05, 3.63) is 17.5 Å². The molecule has 0 unspecified atom stereocenters. The van der Waals surface area contributed by atoms with Crippen molar-refractivity contribution < 1.29 is 13.9 Å². The molecule has 6 nitrogen and oxygen atoms in total. The number of thioether (sulfide) groups is 1. The quantitative estimate of drug-likeness (QED) is 0.797. The Kier molecular flexibility index (Phi) is 4.80. The van der Waals surface area contributed by atoms with Crippen molar-refractivity contribution >= 4 is 29.0 Å². The molecule has 2 aromatic heterocycles. The summed E-state index contributed by atoms with van der Waals surface area (Å²) in [6, 6.07) is 3.86. The highest BCUT2D eigenvalue weighted by molar-refractivity contribution is 7.99. The van der Waals surface area contributed by atoms with Crippen LogP contribution in [0, 0.1) is 0 Å². The normalized spacial score (nSPS) is 22.0. The van der Waals surface area contributed by atoms with Gasteiger partial charge in [0.25, 0.3) is 11.1 Å². The van der Waals surface area contributed by atoms with E-state index in [1.165, 1.54) is 11.8 Å². The molecule has 0 aromatic carbocycles. The molecule has 0 saturated carbocycles. The highest BCUT2D eigenvalue weighted by Crippen LogP contribution is 2.26. The first-order valence-electron chi connectivity index (χ1n) is 7.05. The van der Waals surface area contributed by atoms with Gasteiger partial charge in [0, 0.05) is 13.1 Å². The van der Waals surface area contributed by atoms with Gasteiger partial charge >= 0.3 is 0 Å². The molecule has 0 spiro atoms. The number of nitrogens with zero attached hydrogens (tertiary/aromatic N) is 3. The second-order valence-corrected chi connectivity index (χ2v) is 7.07. The van der Waals surface area contributed by atoms with Gasteiger partial charge in [0.15, 0.2) is 0 Å². The van der Waals surface area contributed by atoms with Crippen LogP contribution in [-0.2, 0) is 9.53 Å². The Bertz CT molecular complexity index is 619. The topological polar surface area (TPSA) is 68.5 Å². The van der Waals surface area contributed by atoms with Crippen molar-refractivity contribution in [1.82, 2.24) is 15.1 Å². The summed E-state index contributed by atoms with van der Waals surface area (Å²) in [6.07, 6.45) is 0.151. The average Bonchev–Trinajstić information content (AvgIpc) is 3.14. The molecule has 2 atom stereocenters. The maximum absolute atomic E-state index is 12.3. The van der Waals surface area contributed by atoms with Crippen molar-refractivity contribution in [3.63, 3.8) is 0 Å². The van der Waals surface area contributed by atoms with E-state index >= 15 is 0 Å². The first kappa shape index (κ1) is 15.5. The van der Waals surface area contributed by atoms with Gasteiger partial charge in [-0.25, -0.2) is 0 Å². The van der Waals surface area contributed by atoms with E-state index in [9.17, 15) is 4.79 Å². The van der Waals surface area contributed by atoms with Crippen LogP contribution in [0.1, 0.15) is 13.8 Å².